The maximum Gasteiger partial charge on any atom is 0.200 e. The van der Waals surface area contributed by atoms with Crippen LogP contribution in [0.5, 0.6) is 5.75 Å². The third-order valence-electron chi connectivity index (χ3n) is 4.75. The molecule has 0 radical (unpaired) electrons. The van der Waals surface area contributed by atoms with Crippen LogP contribution < -0.4 is 10.1 Å². The molecule has 6 heteroatoms. The monoisotopic (exact) mass is 358 g/mol. The summed E-state index contributed by atoms with van der Waals surface area (Å²) in [4.78, 5) is 4.05. The minimum absolute atomic E-state index is 0.0685. The smallest absolute Gasteiger partial charge is 0.200 e. The summed E-state index contributed by atoms with van der Waals surface area (Å²) in [5.41, 5.74) is 0.602. The second-order valence-electron chi connectivity index (χ2n) is 6.46. The van der Waals surface area contributed by atoms with Crippen molar-refractivity contribution in [3.63, 3.8) is 0 Å². The first-order valence-electron chi connectivity index (χ1n) is 8.47. The number of aromatic nitrogens is 1. The SMILES string of the molecule is Fc1cccc(OC2CC(NCc3c(F)ccc4cnccc34)C2)c1F. The highest BCUT2D eigenvalue weighted by Gasteiger charge is 2.31. The molecule has 2 aromatic carbocycles. The number of nitrogens with one attached hydrogen (secondary N) is 1. The van der Waals surface area contributed by atoms with Crippen LogP contribution in [-0.2, 0) is 6.54 Å². The van der Waals surface area contributed by atoms with E-state index in [2.05, 4.69) is 10.3 Å². The molecule has 1 fully saturated rings. The third-order valence-corrected chi connectivity index (χ3v) is 4.75. The topological polar surface area (TPSA) is 34.1 Å². The van der Waals surface area contributed by atoms with E-state index in [1.807, 2.05) is 0 Å². The minimum atomic E-state index is -0.963. The summed E-state index contributed by atoms with van der Waals surface area (Å²) in [6.45, 7) is 0.388. The van der Waals surface area contributed by atoms with Crippen molar-refractivity contribution in [2.45, 2.75) is 31.5 Å². The molecule has 0 atom stereocenters. The first kappa shape index (κ1) is 16.8. The van der Waals surface area contributed by atoms with Gasteiger partial charge in [0.1, 0.15) is 11.9 Å². The molecule has 1 aliphatic rings. The molecule has 1 N–H and O–H groups in total. The van der Waals surface area contributed by atoms with Gasteiger partial charge in [-0.25, -0.2) is 8.78 Å². The van der Waals surface area contributed by atoms with Gasteiger partial charge in [-0.15, -0.1) is 0 Å². The second kappa shape index (κ2) is 6.96. The van der Waals surface area contributed by atoms with Crippen LogP contribution >= 0.6 is 0 Å². The molecule has 1 aliphatic carbocycles. The van der Waals surface area contributed by atoms with Crippen LogP contribution in [0.2, 0.25) is 0 Å². The Balaban J connectivity index is 1.35. The molecule has 134 valence electrons. The summed E-state index contributed by atoms with van der Waals surface area (Å²) < 4.78 is 46.5. The molecule has 4 rings (SSSR count). The van der Waals surface area contributed by atoms with E-state index in [0.717, 1.165) is 16.8 Å². The average molecular weight is 358 g/mol. The van der Waals surface area contributed by atoms with Crippen LogP contribution in [0.25, 0.3) is 10.8 Å². The average Bonchev–Trinajstić information content (AvgIpc) is 2.61. The molecular weight excluding hydrogens is 341 g/mol. The highest BCUT2D eigenvalue weighted by Crippen LogP contribution is 2.29. The molecular formula is C20H17F3N2O. The number of ether oxygens (including phenoxy) is 1. The van der Waals surface area contributed by atoms with Crippen molar-refractivity contribution >= 4 is 10.8 Å². The zero-order chi connectivity index (χ0) is 18.1. The van der Waals surface area contributed by atoms with E-state index >= 15 is 0 Å². The van der Waals surface area contributed by atoms with Gasteiger partial charge in [0, 0.05) is 35.9 Å². The number of hydrogen-bond donors (Lipinski definition) is 1. The van der Waals surface area contributed by atoms with Crippen LogP contribution in [0.15, 0.2) is 48.8 Å². The fourth-order valence-corrected chi connectivity index (χ4v) is 3.22. The third kappa shape index (κ3) is 3.24. The number of halogens is 3. The van der Waals surface area contributed by atoms with E-state index in [1.54, 1.807) is 24.5 Å². The normalized spacial score (nSPS) is 19.3. The summed E-state index contributed by atoms with van der Waals surface area (Å²) in [5, 5.41) is 5.03. The van der Waals surface area contributed by atoms with E-state index in [-0.39, 0.29) is 23.7 Å². The highest BCUT2D eigenvalue weighted by molar-refractivity contribution is 5.84. The highest BCUT2D eigenvalue weighted by atomic mass is 19.2. The predicted molar refractivity (Wildman–Crippen MR) is 92.3 cm³/mol. The van der Waals surface area contributed by atoms with E-state index < -0.39 is 11.6 Å². The maximum atomic E-state index is 14.2. The number of nitrogens with zero attached hydrogens (tertiary/aromatic N) is 1. The van der Waals surface area contributed by atoms with Crippen molar-refractivity contribution in [1.29, 1.82) is 0 Å². The summed E-state index contributed by atoms with van der Waals surface area (Å²) in [6.07, 6.45) is 4.49. The Labute approximate surface area is 148 Å². The van der Waals surface area contributed by atoms with Crippen molar-refractivity contribution in [3.05, 3.63) is 71.8 Å². The molecule has 1 aromatic heterocycles. The summed E-state index contributed by atoms with van der Waals surface area (Å²) in [5.74, 6) is -2.21. The molecule has 1 heterocycles. The number of benzene rings is 2. The Hall–Kier alpha value is -2.60. The standard InChI is InChI=1S/C20H17F3N2O/c21-17-5-4-12-10-24-7-6-15(12)16(17)11-25-13-8-14(9-13)26-19-3-1-2-18(22)20(19)23/h1-7,10,13-14,25H,8-9,11H2. The lowest BCUT2D eigenvalue weighted by Gasteiger charge is -2.36. The number of rotatable bonds is 5. The van der Waals surface area contributed by atoms with Gasteiger partial charge in [-0.2, -0.15) is 4.39 Å². The number of pyridine rings is 1. The Kier molecular flexibility index (Phi) is 4.51. The molecule has 0 unspecified atom stereocenters. The second-order valence-corrected chi connectivity index (χ2v) is 6.46. The Bertz CT molecular complexity index is 941. The van der Waals surface area contributed by atoms with Crippen LogP contribution in [0.3, 0.4) is 0 Å². The van der Waals surface area contributed by atoms with E-state index in [4.69, 9.17) is 4.74 Å². The van der Waals surface area contributed by atoms with Crippen LogP contribution in [0.1, 0.15) is 18.4 Å². The summed E-state index contributed by atoms with van der Waals surface area (Å²) in [6, 6.07) is 8.99. The molecule has 3 aromatic rings. The van der Waals surface area contributed by atoms with Gasteiger partial charge in [0.25, 0.3) is 0 Å². The Morgan fingerprint density at radius 1 is 1.04 bits per heavy atom. The fraction of sp³-hybridized carbons (Fsp3) is 0.250. The molecule has 0 saturated heterocycles. The summed E-state index contributed by atoms with van der Waals surface area (Å²) >= 11 is 0. The first-order chi connectivity index (χ1) is 12.6. The van der Waals surface area contributed by atoms with Crippen LogP contribution in [-0.4, -0.2) is 17.1 Å². The van der Waals surface area contributed by atoms with Gasteiger partial charge in [0.15, 0.2) is 11.6 Å². The molecule has 26 heavy (non-hydrogen) atoms. The fourth-order valence-electron chi connectivity index (χ4n) is 3.22. The zero-order valence-corrected chi connectivity index (χ0v) is 13.9. The molecule has 0 aliphatic heterocycles. The molecule has 0 bridgehead atoms. The molecule has 0 amide bonds. The zero-order valence-electron chi connectivity index (χ0n) is 13.9. The van der Waals surface area contributed by atoms with Gasteiger partial charge in [-0.1, -0.05) is 6.07 Å². The van der Waals surface area contributed by atoms with Crippen molar-refractivity contribution in [2.75, 3.05) is 0 Å². The van der Waals surface area contributed by atoms with Crippen LogP contribution in [0.4, 0.5) is 13.2 Å². The number of fused-ring (bicyclic) bond motifs is 1. The van der Waals surface area contributed by atoms with E-state index in [0.29, 0.717) is 24.9 Å². The van der Waals surface area contributed by atoms with Gasteiger partial charge in [0.05, 0.1) is 0 Å². The van der Waals surface area contributed by atoms with Gasteiger partial charge in [-0.05, 0) is 48.6 Å². The van der Waals surface area contributed by atoms with E-state index in [1.165, 1.54) is 18.2 Å². The van der Waals surface area contributed by atoms with Crippen molar-refractivity contribution in [2.24, 2.45) is 0 Å². The molecule has 1 saturated carbocycles. The van der Waals surface area contributed by atoms with Gasteiger partial charge < -0.3 is 10.1 Å². The largest absolute Gasteiger partial charge is 0.487 e. The lowest BCUT2D eigenvalue weighted by molar-refractivity contribution is 0.0795. The van der Waals surface area contributed by atoms with Crippen molar-refractivity contribution in [3.8, 4) is 5.75 Å². The Morgan fingerprint density at radius 2 is 1.88 bits per heavy atom. The lowest BCUT2D eigenvalue weighted by atomic mass is 9.89. The predicted octanol–water partition coefficient (Wildman–Crippen LogP) is 4.35. The lowest BCUT2D eigenvalue weighted by Crippen LogP contribution is -2.46. The van der Waals surface area contributed by atoms with Crippen molar-refractivity contribution in [1.82, 2.24) is 10.3 Å². The van der Waals surface area contributed by atoms with Gasteiger partial charge >= 0.3 is 0 Å². The molecule has 3 nitrogen and oxygen atoms in total. The van der Waals surface area contributed by atoms with Crippen molar-refractivity contribution < 1.29 is 17.9 Å². The van der Waals surface area contributed by atoms with Gasteiger partial charge in [0.2, 0.25) is 5.82 Å². The first-order valence-corrected chi connectivity index (χ1v) is 8.47. The Morgan fingerprint density at radius 3 is 2.73 bits per heavy atom. The van der Waals surface area contributed by atoms with Crippen LogP contribution in [0, 0.1) is 17.5 Å². The van der Waals surface area contributed by atoms with Gasteiger partial charge in [-0.3, -0.25) is 4.98 Å². The minimum Gasteiger partial charge on any atom is -0.487 e. The number of hydrogen-bond acceptors (Lipinski definition) is 3. The summed E-state index contributed by atoms with van der Waals surface area (Å²) in [7, 11) is 0. The quantitative estimate of drug-likeness (QED) is 0.736. The van der Waals surface area contributed by atoms with E-state index in [9.17, 15) is 13.2 Å². The molecule has 0 spiro atoms. The maximum absolute atomic E-state index is 14.2.